The number of hydrogen-bond acceptors (Lipinski definition) is 1. The molecule has 0 saturated heterocycles. The van der Waals surface area contributed by atoms with Gasteiger partial charge < -0.3 is 10.3 Å². The largest absolute Gasteiger partial charge is 0.361 e. The van der Waals surface area contributed by atoms with Crippen LogP contribution in [0.3, 0.4) is 0 Å². The molecule has 1 amide bonds. The van der Waals surface area contributed by atoms with Gasteiger partial charge in [-0.2, -0.15) is 0 Å². The van der Waals surface area contributed by atoms with Crippen molar-refractivity contribution in [2.24, 2.45) is 0 Å². The highest BCUT2D eigenvalue weighted by Crippen LogP contribution is 2.25. The van der Waals surface area contributed by atoms with Crippen molar-refractivity contribution < 1.29 is 4.79 Å². The van der Waals surface area contributed by atoms with Crippen LogP contribution in [0.4, 0.5) is 5.69 Å². The molecular formula is C16H12Cl2N2O. The summed E-state index contributed by atoms with van der Waals surface area (Å²) in [6, 6.07) is 12.9. The molecule has 3 rings (SSSR count). The summed E-state index contributed by atoms with van der Waals surface area (Å²) >= 11 is 11.9. The Bertz CT molecular complexity index is 811. The van der Waals surface area contributed by atoms with E-state index in [0.717, 1.165) is 16.5 Å². The van der Waals surface area contributed by atoms with Gasteiger partial charge in [0.1, 0.15) is 0 Å². The van der Waals surface area contributed by atoms with Gasteiger partial charge in [-0.25, -0.2) is 0 Å². The lowest BCUT2D eigenvalue weighted by molar-refractivity contribution is -0.115. The monoisotopic (exact) mass is 318 g/mol. The van der Waals surface area contributed by atoms with Gasteiger partial charge in [0.2, 0.25) is 5.91 Å². The second-order valence-electron chi connectivity index (χ2n) is 4.75. The Hall–Kier alpha value is -1.97. The van der Waals surface area contributed by atoms with E-state index in [9.17, 15) is 4.79 Å². The van der Waals surface area contributed by atoms with Crippen LogP contribution in [-0.4, -0.2) is 10.9 Å². The predicted octanol–water partition coefficient (Wildman–Crippen LogP) is 4.66. The number of benzene rings is 2. The molecule has 3 aromatic rings. The average molecular weight is 319 g/mol. The summed E-state index contributed by atoms with van der Waals surface area (Å²) in [5, 5.41) is 4.88. The molecule has 5 heteroatoms. The number of rotatable bonds is 3. The molecular weight excluding hydrogens is 307 g/mol. The zero-order valence-electron chi connectivity index (χ0n) is 11.0. The van der Waals surface area contributed by atoms with Gasteiger partial charge in [0.25, 0.3) is 0 Å². The maximum Gasteiger partial charge on any atom is 0.228 e. The van der Waals surface area contributed by atoms with Gasteiger partial charge in [-0.1, -0.05) is 35.3 Å². The van der Waals surface area contributed by atoms with Crippen LogP contribution in [0.2, 0.25) is 10.0 Å². The Morgan fingerprint density at radius 2 is 1.95 bits per heavy atom. The van der Waals surface area contributed by atoms with Crippen molar-refractivity contribution in [1.29, 1.82) is 0 Å². The number of H-pyrrole nitrogens is 1. The number of hydrogen-bond donors (Lipinski definition) is 2. The minimum Gasteiger partial charge on any atom is -0.361 e. The maximum atomic E-state index is 12.1. The van der Waals surface area contributed by atoms with Crippen molar-refractivity contribution in [3.8, 4) is 0 Å². The van der Waals surface area contributed by atoms with E-state index in [1.54, 1.807) is 18.2 Å². The number of amides is 1. The number of fused-ring (bicyclic) bond motifs is 1. The van der Waals surface area contributed by atoms with Gasteiger partial charge in [-0.3, -0.25) is 4.79 Å². The number of carbonyl (C=O) groups is 1. The van der Waals surface area contributed by atoms with Gasteiger partial charge in [0.05, 0.1) is 17.1 Å². The number of aromatic amines is 1. The second kappa shape index (κ2) is 5.80. The summed E-state index contributed by atoms with van der Waals surface area (Å²) in [5.74, 6) is -0.120. The number of carbonyl (C=O) groups excluding carboxylic acids is 1. The molecule has 0 saturated carbocycles. The van der Waals surface area contributed by atoms with Crippen LogP contribution in [0.1, 0.15) is 5.56 Å². The zero-order chi connectivity index (χ0) is 14.8. The summed E-state index contributed by atoms with van der Waals surface area (Å²) in [5.41, 5.74) is 2.52. The molecule has 1 aromatic heterocycles. The molecule has 2 aromatic carbocycles. The fraction of sp³-hybridized carbons (Fsp3) is 0.0625. The van der Waals surface area contributed by atoms with Crippen LogP contribution >= 0.6 is 23.2 Å². The number of anilines is 1. The lowest BCUT2D eigenvalue weighted by Crippen LogP contribution is -2.14. The summed E-state index contributed by atoms with van der Waals surface area (Å²) in [4.78, 5) is 15.2. The smallest absolute Gasteiger partial charge is 0.228 e. The fourth-order valence-corrected chi connectivity index (χ4v) is 2.63. The summed E-state index contributed by atoms with van der Waals surface area (Å²) in [6.07, 6.45) is 2.16. The zero-order valence-corrected chi connectivity index (χ0v) is 12.5. The van der Waals surface area contributed by atoms with Crippen LogP contribution in [0.15, 0.2) is 48.7 Å². The molecule has 0 fully saturated rings. The molecule has 0 radical (unpaired) electrons. The molecule has 2 N–H and O–H groups in total. The normalized spacial score (nSPS) is 10.8. The lowest BCUT2D eigenvalue weighted by Gasteiger charge is -2.07. The third-order valence-corrected chi connectivity index (χ3v) is 3.74. The first-order chi connectivity index (χ1) is 10.1. The second-order valence-corrected chi connectivity index (χ2v) is 5.59. The third kappa shape index (κ3) is 3.20. The summed E-state index contributed by atoms with van der Waals surface area (Å²) in [7, 11) is 0. The number of halogens is 2. The van der Waals surface area contributed by atoms with Gasteiger partial charge in [-0.05, 0) is 41.3 Å². The van der Waals surface area contributed by atoms with E-state index in [1.165, 1.54) is 0 Å². The third-order valence-electron chi connectivity index (χ3n) is 3.19. The van der Waals surface area contributed by atoms with E-state index in [-0.39, 0.29) is 12.3 Å². The Kier molecular flexibility index (Phi) is 3.86. The summed E-state index contributed by atoms with van der Waals surface area (Å²) < 4.78 is 0. The van der Waals surface area contributed by atoms with Crippen molar-refractivity contribution in [2.75, 3.05) is 5.32 Å². The van der Waals surface area contributed by atoms with Crippen molar-refractivity contribution >= 4 is 45.7 Å². The fourth-order valence-electron chi connectivity index (χ4n) is 2.18. The molecule has 0 aliphatic carbocycles. The Morgan fingerprint density at radius 1 is 1.10 bits per heavy atom. The van der Waals surface area contributed by atoms with E-state index in [1.807, 2.05) is 30.5 Å². The predicted molar refractivity (Wildman–Crippen MR) is 87.1 cm³/mol. The highest BCUT2D eigenvalue weighted by Gasteiger charge is 2.08. The van der Waals surface area contributed by atoms with E-state index >= 15 is 0 Å². The van der Waals surface area contributed by atoms with Crippen molar-refractivity contribution in [1.82, 2.24) is 4.98 Å². The van der Waals surface area contributed by atoms with E-state index < -0.39 is 0 Å². The minimum atomic E-state index is -0.120. The topological polar surface area (TPSA) is 44.9 Å². The number of nitrogens with one attached hydrogen (secondary N) is 2. The Morgan fingerprint density at radius 3 is 2.76 bits per heavy atom. The Balaban J connectivity index is 1.73. The maximum absolute atomic E-state index is 12.1. The molecule has 21 heavy (non-hydrogen) atoms. The van der Waals surface area contributed by atoms with Crippen molar-refractivity contribution in [3.63, 3.8) is 0 Å². The van der Waals surface area contributed by atoms with E-state index in [0.29, 0.717) is 15.7 Å². The highest BCUT2D eigenvalue weighted by molar-refractivity contribution is 6.36. The quantitative estimate of drug-likeness (QED) is 0.725. The molecule has 106 valence electrons. The van der Waals surface area contributed by atoms with Gasteiger partial charge in [-0.15, -0.1) is 0 Å². The van der Waals surface area contributed by atoms with Crippen LogP contribution in [0.25, 0.3) is 10.9 Å². The molecule has 0 bridgehead atoms. The lowest BCUT2D eigenvalue weighted by atomic mass is 10.1. The van der Waals surface area contributed by atoms with Crippen LogP contribution in [0, 0.1) is 0 Å². The molecule has 1 heterocycles. The van der Waals surface area contributed by atoms with E-state index in [4.69, 9.17) is 23.2 Å². The molecule has 3 nitrogen and oxygen atoms in total. The standard InChI is InChI=1S/C16H12Cl2N2O/c17-12-3-4-14(13(18)9-12)20-16(21)8-10-1-2-11-5-6-19-15(11)7-10/h1-7,9,19H,8H2,(H,20,21). The van der Waals surface area contributed by atoms with Crippen molar-refractivity contribution in [2.45, 2.75) is 6.42 Å². The average Bonchev–Trinajstić information content (AvgIpc) is 2.89. The van der Waals surface area contributed by atoms with Gasteiger partial charge in [0, 0.05) is 16.7 Å². The minimum absolute atomic E-state index is 0.120. The first-order valence-corrected chi connectivity index (χ1v) is 7.18. The van der Waals surface area contributed by atoms with Gasteiger partial charge >= 0.3 is 0 Å². The molecule has 0 spiro atoms. The first kappa shape index (κ1) is 14.0. The molecule has 0 aliphatic heterocycles. The van der Waals surface area contributed by atoms with Crippen LogP contribution < -0.4 is 5.32 Å². The van der Waals surface area contributed by atoms with Gasteiger partial charge in [0.15, 0.2) is 0 Å². The van der Waals surface area contributed by atoms with Crippen LogP contribution in [-0.2, 0) is 11.2 Å². The summed E-state index contributed by atoms with van der Waals surface area (Å²) in [6.45, 7) is 0. The molecule has 0 unspecified atom stereocenters. The van der Waals surface area contributed by atoms with Crippen LogP contribution in [0.5, 0.6) is 0 Å². The first-order valence-electron chi connectivity index (χ1n) is 6.43. The highest BCUT2D eigenvalue weighted by atomic mass is 35.5. The molecule has 0 aliphatic rings. The molecule has 0 atom stereocenters. The van der Waals surface area contributed by atoms with E-state index in [2.05, 4.69) is 10.3 Å². The number of aromatic nitrogens is 1. The van der Waals surface area contributed by atoms with Crippen molar-refractivity contribution in [3.05, 3.63) is 64.3 Å². The SMILES string of the molecule is O=C(Cc1ccc2cc[nH]c2c1)Nc1ccc(Cl)cc1Cl. The Labute approximate surface area is 131 Å².